The Hall–Kier alpha value is -1.57. The van der Waals surface area contributed by atoms with Crippen LogP contribution in [0.15, 0.2) is 0 Å². The Bertz CT molecular complexity index is 280. The van der Waals surface area contributed by atoms with Gasteiger partial charge in [0.1, 0.15) is 6.42 Å². The number of rotatable bonds is 8. The van der Waals surface area contributed by atoms with E-state index in [0.717, 1.165) is 12.8 Å². The highest BCUT2D eigenvalue weighted by Gasteiger charge is 2.12. The van der Waals surface area contributed by atoms with E-state index in [1.807, 2.05) is 13.8 Å². The Kier molecular flexibility index (Phi) is 8.75. The van der Waals surface area contributed by atoms with Crippen LogP contribution in [0.2, 0.25) is 0 Å². The molecule has 0 aliphatic heterocycles. The van der Waals surface area contributed by atoms with Gasteiger partial charge < -0.3 is 10.6 Å². The Morgan fingerprint density at radius 3 is 2.29 bits per heavy atom. The number of nitrogens with one attached hydrogen (secondary N) is 2. The number of hydrogen-bond acceptors (Lipinski definition) is 3. The topological polar surface area (TPSA) is 82.0 Å². The molecular formula is C12H21N3O2. The van der Waals surface area contributed by atoms with Gasteiger partial charge in [0.15, 0.2) is 0 Å². The lowest BCUT2D eigenvalue weighted by Crippen LogP contribution is -2.33. The molecule has 0 aromatic carbocycles. The van der Waals surface area contributed by atoms with Crippen LogP contribution in [-0.4, -0.2) is 24.9 Å². The van der Waals surface area contributed by atoms with Gasteiger partial charge in [-0.05, 0) is 19.3 Å². The normalized spacial score (nSPS) is 9.76. The van der Waals surface area contributed by atoms with Gasteiger partial charge in [0.05, 0.1) is 6.07 Å². The van der Waals surface area contributed by atoms with Crippen molar-refractivity contribution in [2.75, 3.05) is 13.1 Å². The second-order valence-corrected chi connectivity index (χ2v) is 3.84. The predicted molar refractivity (Wildman–Crippen MR) is 64.9 cm³/mol. The molecule has 0 saturated heterocycles. The van der Waals surface area contributed by atoms with E-state index in [9.17, 15) is 9.59 Å². The molecule has 2 amide bonds. The van der Waals surface area contributed by atoms with Gasteiger partial charge in [-0.15, -0.1) is 0 Å². The monoisotopic (exact) mass is 239 g/mol. The molecule has 0 unspecified atom stereocenters. The highest BCUT2D eigenvalue weighted by Crippen LogP contribution is 2.06. The SMILES string of the molecule is CCC(CC)C(=O)NCCCNC(=O)CC#N. The Morgan fingerprint density at radius 1 is 1.18 bits per heavy atom. The highest BCUT2D eigenvalue weighted by atomic mass is 16.2. The third-order valence-corrected chi connectivity index (χ3v) is 2.57. The average molecular weight is 239 g/mol. The molecule has 96 valence electrons. The Labute approximate surface area is 103 Å². The molecule has 0 heterocycles. The van der Waals surface area contributed by atoms with Crippen LogP contribution in [0.3, 0.4) is 0 Å². The molecule has 5 nitrogen and oxygen atoms in total. The van der Waals surface area contributed by atoms with Crippen molar-refractivity contribution in [2.45, 2.75) is 39.5 Å². The Morgan fingerprint density at radius 2 is 1.76 bits per heavy atom. The average Bonchev–Trinajstić information content (AvgIpc) is 2.30. The van der Waals surface area contributed by atoms with E-state index in [0.29, 0.717) is 19.5 Å². The van der Waals surface area contributed by atoms with E-state index >= 15 is 0 Å². The van der Waals surface area contributed by atoms with Crippen LogP contribution in [0.25, 0.3) is 0 Å². The summed E-state index contributed by atoms with van der Waals surface area (Å²) in [5.41, 5.74) is 0. The summed E-state index contributed by atoms with van der Waals surface area (Å²) in [4.78, 5) is 22.5. The molecule has 0 radical (unpaired) electrons. The molecule has 17 heavy (non-hydrogen) atoms. The molecule has 0 spiro atoms. The molecule has 0 fully saturated rings. The van der Waals surface area contributed by atoms with Crippen molar-refractivity contribution in [3.8, 4) is 6.07 Å². The van der Waals surface area contributed by atoms with E-state index in [4.69, 9.17) is 5.26 Å². The molecule has 0 saturated carbocycles. The maximum Gasteiger partial charge on any atom is 0.234 e. The fraction of sp³-hybridized carbons (Fsp3) is 0.750. The molecule has 0 rings (SSSR count). The van der Waals surface area contributed by atoms with Crippen molar-refractivity contribution in [2.24, 2.45) is 5.92 Å². The van der Waals surface area contributed by atoms with E-state index < -0.39 is 0 Å². The van der Waals surface area contributed by atoms with Crippen LogP contribution in [0, 0.1) is 17.2 Å². The summed E-state index contributed by atoms with van der Waals surface area (Å²) in [6.07, 6.45) is 2.27. The zero-order valence-electron chi connectivity index (χ0n) is 10.6. The highest BCUT2D eigenvalue weighted by molar-refractivity contribution is 5.78. The molecule has 0 aliphatic carbocycles. The van der Waals surface area contributed by atoms with E-state index in [1.54, 1.807) is 6.07 Å². The Balaban J connectivity index is 3.55. The fourth-order valence-corrected chi connectivity index (χ4v) is 1.47. The van der Waals surface area contributed by atoms with Crippen molar-refractivity contribution in [1.29, 1.82) is 5.26 Å². The van der Waals surface area contributed by atoms with Gasteiger partial charge in [0.2, 0.25) is 11.8 Å². The van der Waals surface area contributed by atoms with Crippen molar-refractivity contribution >= 4 is 11.8 Å². The van der Waals surface area contributed by atoms with Gasteiger partial charge in [0.25, 0.3) is 0 Å². The molecule has 0 atom stereocenters. The third-order valence-electron chi connectivity index (χ3n) is 2.57. The van der Waals surface area contributed by atoms with Crippen LogP contribution < -0.4 is 10.6 Å². The van der Waals surface area contributed by atoms with Crippen LogP contribution in [0.4, 0.5) is 0 Å². The number of amides is 2. The fourth-order valence-electron chi connectivity index (χ4n) is 1.47. The number of carbonyl (C=O) groups excluding carboxylic acids is 2. The lowest BCUT2D eigenvalue weighted by Gasteiger charge is -2.12. The molecular weight excluding hydrogens is 218 g/mol. The summed E-state index contributed by atoms with van der Waals surface area (Å²) in [5.74, 6) is -0.0969. The predicted octanol–water partition coefficient (Wildman–Crippen LogP) is 0.959. The standard InChI is InChI=1S/C12H21N3O2/c1-3-10(4-2)12(17)15-9-5-8-14-11(16)6-7-13/h10H,3-6,8-9H2,1-2H3,(H,14,16)(H,15,17). The maximum absolute atomic E-state index is 11.6. The summed E-state index contributed by atoms with van der Waals surface area (Å²) in [5, 5.41) is 13.7. The van der Waals surface area contributed by atoms with E-state index in [1.165, 1.54) is 0 Å². The zero-order chi connectivity index (χ0) is 13.1. The van der Waals surface area contributed by atoms with Crippen molar-refractivity contribution in [3.63, 3.8) is 0 Å². The first-order chi connectivity index (χ1) is 8.15. The molecule has 5 heteroatoms. The van der Waals surface area contributed by atoms with Crippen molar-refractivity contribution in [3.05, 3.63) is 0 Å². The number of nitriles is 1. The first kappa shape index (κ1) is 15.4. The largest absolute Gasteiger partial charge is 0.356 e. The molecule has 0 aromatic rings. The van der Waals surface area contributed by atoms with E-state index in [2.05, 4.69) is 10.6 Å². The molecule has 0 aliphatic rings. The van der Waals surface area contributed by atoms with Crippen LogP contribution in [0.1, 0.15) is 39.5 Å². The van der Waals surface area contributed by atoms with Crippen LogP contribution in [0.5, 0.6) is 0 Å². The first-order valence-corrected chi connectivity index (χ1v) is 6.07. The van der Waals surface area contributed by atoms with Gasteiger partial charge in [-0.3, -0.25) is 9.59 Å². The summed E-state index contributed by atoms with van der Waals surface area (Å²) in [6.45, 7) is 5.04. The van der Waals surface area contributed by atoms with Gasteiger partial charge in [-0.25, -0.2) is 0 Å². The minimum Gasteiger partial charge on any atom is -0.356 e. The lowest BCUT2D eigenvalue weighted by molar-refractivity contribution is -0.125. The summed E-state index contributed by atoms with van der Waals surface area (Å²) in [7, 11) is 0. The summed E-state index contributed by atoms with van der Waals surface area (Å²) in [6, 6.07) is 1.77. The second kappa shape index (κ2) is 9.64. The van der Waals surface area contributed by atoms with Gasteiger partial charge in [-0.1, -0.05) is 13.8 Å². The van der Waals surface area contributed by atoms with Crippen LogP contribution in [-0.2, 0) is 9.59 Å². The van der Waals surface area contributed by atoms with Gasteiger partial charge in [-0.2, -0.15) is 5.26 Å². The number of carbonyl (C=O) groups is 2. The molecule has 0 aromatic heterocycles. The van der Waals surface area contributed by atoms with Crippen LogP contribution >= 0.6 is 0 Å². The summed E-state index contributed by atoms with van der Waals surface area (Å²) >= 11 is 0. The smallest absolute Gasteiger partial charge is 0.234 e. The third kappa shape index (κ3) is 7.34. The second-order valence-electron chi connectivity index (χ2n) is 3.84. The van der Waals surface area contributed by atoms with Gasteiger partial charge in [0, 0.05) is 19.0 Å². The van der Waals surface area contributed by atoms with Crippen molar-refractivity contribution in [1.82, 2.24) is 10.6 Å². The maximum atomic E-state index is 11.6. The quantitative estimate of drug-likeness (QED) is 0.619. The number of hydrogen-bond donors (Lipinski definition) is 2. The molecule has 2 N–H and O–H groups in total. The minimum absolute atomic E-state index is 0.0818. The summed E-state index contributed by atoms with van der Waals surface area (Å²) < 4.78 is 0. The lowest BCUT2D eigenvalue weighted by atomic mass is 10.0. The van der Waals surface area contributed by atoms with Gasteiger partial charge >= 0.3 is 0 Å². The van der Waals surface area contributed by atoms with E-state index in [-0.39, 0.29) is 24.2 Å². The first-order valence-electron chi connectivity index (χ1n) is 6.07. The van der Waals surface area contributed by atoms with Crippen molar-refractivity contribution < 1.29 is 9.59 Å². The minimum atomic E-state index is -0.265. The molecule has 0 bridgehead atoms. The number of nitrogens with zero attached hydrogens (tertiary/aromatic N) is 1. The zero-order valence-corrected chi connectivity index (χ0v) is 10.6.